The highest BCUT2D eigenvalue weighted by molar-refractivity contribution is 6.03. The van der Waals surface area contributed by atoms with Crippen molar-refractivity contribution in [3.63, 3.8) is 0 Å². The van der Waals surface area contributed by atoms with E-state index < -0.39 is 65.8 Å². The molecule has 9 rings (SSSR count). The van der Waals surface area contributed by atoms with Gasteiger partial charge in [0.1, 0.15) is 11.6 Å². The second-order valence-corrected chi connectivity index (χ2v) is 17.0. The van der Waals surface area contributed by atoms with Crippen molar-refractivity contribution in [2.24, 2.45) is 0 Å². The highest BCUT2D eigenvalue weighted by atomic mass is 16.3. The molecule has 0 aliphatic rings. The lowest BCUT2D eigenvalue weighted by Gasteiger charge is -2.22. The second-order valence-electron chi connectivity index (χ2n) is 17.0. The van der Waals surface area contributed by atoms with Gasteiger partial charge in [-0.2, -0.15) is 0 Å². The lowest BCUT2D eigenvalue weighted by molar-refractivity contribution is 0.475. The minimum absolute atomic E-state index is 0.0410. The van der Waals surface area contributed by atoms with E-state index in [1.165, 1.54) is 0 Å². The zero-order valence-electron chi connectivity index (χ0n) is 43.8. The number of fused-ring (bicyclic) bond motifs is 2. The Kier molecular flexibility index (Phi) is 6.85. The van der Waals surface area contributed by atoms with Crippen LogP contribution in [0.15, 0.2) is 164 Å². The molecule has 0 amide bonds. The Morgan fingerprint density at radius 2 is 1.34 bits per heavy atom. The van der Waals surface area contributed by atoms with Gasteiger partial charge in [0.2, 0.25) is 0 Å². The van der Waals surface area contributed by atoms with Crippen LogP contribution < -0.4 is 0 Å². The first-order valence-corrected chi connectivity index (χ1v) is 19.7. The van der Waals surface area contributed by atoms with Crippen LogP contribution in [0.25, 0.3) is 83.5 Å². The third-order valence-corrected chi connectivity index (χ3v) is 10.8. The summed E-state index contributed by atoms with van der Waals surface area (Å²) in [6.45, 7) is 9.53. The molecule has 0 unspecified atom stereocenters. The molecule has 2 heterocycles. The number of pyridine rings is 1. The van der Waals surface area contributed by atoms with Gasteiger partial charge in [-0.25, -0.2) is 4.98 Å². The molecule has 0 bridgehead atoms. The number of phenolic OH excluding ortho intramolecular Hbond substituents is 1. The molecule has 0 saturated carbocycles. The number of benzene rings is 7. The van der Waals surface area contributed by atoms with E-state index in [-0.39, 0.29) is 22.4 Å². The van der Waals surface area contributed by atoms with Crippen LogP contribution in [0.5, 0.6) is 5.75 Å². The van der Waals surface area contributed by atoms with Gasteiger partial charge in [0.05, 0.1) is 37.6 Å². The standard InChI is InChI=1S/C55H49N3O/c1-35-20-22-36(23-21-35)39-28-29-56-48(33-39)41-30-40(31-43(32-41)55(5,6)7)44-18-13-19-49-51(44)57-53(47-34-42(54(2,3)4)25-27-50(47)59)58(49)52-45-17-12-11-16-38(45)24-26-46(52)37-14-9-8-10-15-37/h8-34,59H,1-7H3/i1D3,20D,21D,22D,23D,28D,29D,33D. The summed E-state index contributed by atoms with van der Waals surface area (Å²) in [7, 11) is 0. The summed E-state index contributed by atoms with van der Waals surface area (Å²) in [5.74, 6) is 0.569. The molecule has 0 saturated heterocycles. The normalized spacial score (nSPS) is 14.7. The molecule has 7 aromatic carbocycles. The van der Waals surface area contributed by atoms with Crippen LogP contribution in [-0.4, -0.2) is 19.6 Å². The first-order valence-electron chi connectivity index (χ1n) is 24.7. The minimum atomic E-state index is -2.96. The number of aromatic hydroxyl groups is 1. The third-order valence-electron chi connectivity index (χ3n) is 10.8. The molecule has 4 nitrogen and oxygen atoms in total. The van der Waals surface area contributed by atoms with Crippen LogP contribution in [0.3, 0.4) is 0 Å². The molecule has 2 aromatic heterocycles. The molecule has 59 heavy (non-hydrogen) atoms. The number of phenols is 1. The van der Waals surface area contributed by atoms with E-state index in [1.54, 1.807) is 6.07 Å². The highest BCUT2D eigenvalue weighted by Crippen LogP contribution is 2.44. The van der Waals surface area contributed by atoms with Crippen LogP contribution in [0.4, 0.5) is 0 Å². The Bertz CT molecular complexity index is 3520. The maximum Gasteiger partial charge on any atom is 0.149 e. The Morgan fingerprint density at radius 3 is 2.10 bits per heavy atom. The van der Waals surface area contributed by atoms with Crippen molar-refractivity contribution >= 4 is 21.8 Å². The van der Waals surface area contributed by atoms with E-state index in [9.17, 15) is 6.48 Å². The average Bonchev–Trinajstić information content (AvgIpc) is 3.68. The predicted molar refractivity (Wildman–Crippen MR) is 247 cm³/mol. The molecule has 4 heteroatoms. The molecule has 0 spiro atoms. The van der Waals surface area contributed by atoms with E-state index in [2.05, 4.69) is 66.7 Å². The van der Waals surface area contributed by atoms with Gasteiger partial charge in [0.25, 0.3) is 0 Å². The maximum atomic E-state index is 11.8. The summed E-state index contributed by atoms with van der Waals surface area (Å²) in [4.78, 5) is 9.94. The van der Waals surface area contributed by atoms with E-state index >= 15 is 0 Å². The number of hydrogen-bond acceptors (Lipinski definition) is 3. The van der Waals surface area contributed by atoms with E-state index in [4.69, 9.17) is 17.3 Å². The number of rotatable bonds is 6. The summed E-state index contributed by atoms with van der Waals surface area (Å²) < 4.78 is 88.1. The number of hydrogen-bond donors (Lipinski definition) is 1. The molecule has 0 aliphatic carbocycles. The third kappa shape index (κ3) is 7.10. The lowest BCUT2D eigenvalue weighted by Crippen LogP contribution is -2.11. The first kappa shape index (κ1) is 27.8. The fourth-order valence-electron chi connectivity index (χ4n) is 7.64. The quantitative estimate of drug-likeness (QED) is 0.183. The predicted octanol–water partition coefficient (Wildman–Crippen LogP) is 14.5. The lowest BCUT2D eigenvalue weighted by atomic mass is 9.83. The Balaban J connectivity index is 1.36. The number of para-hydroxylation sites is 1. The van der Waals surface area contributed by atoms with Crippen molar-refractivity contribution in [3.8, 4) is 67.5 Å². The number of nitrogens with zero attached hydrogens (tertiary/aromatic N) is 3. The van der Waals surface area contributed by atoms with Gasteiger partial charge in [-0.1, -0.05) is 162 Å². The molecule has 0 atom stereocenters. The topological polar surface area (TPSA) is 50.9 Å². The molecule has 0 fully saturated rings. The van der Waals surface area contributed by atoms with Gasteiger partial charge in [-0.05, 0) is 98.9 Å². The van der Waals surface area contributed by atoms with Gasteiger partial charge in [0.15, 0.2) is 0 Å². The highest BCUT2D eigenvalue weighted by Gasteiger charge is 2.26. The summed E-state index contributed by atoms with van der Waals surface area (Å²) in [6, 6.07) is 35.7. The van der Waals surface area contributed by atoms with E-state index in [0.717, 1.165) is 44.2 Å². The van der Waals surface area contributed by atoms with Gasteiger partial charge >= 0.3 is 0 Å². The fraction of sp³-hybridized carbons (Fsp3) is 0.164. The van der Waals surface area contributed by atoms with Gasteiger partial charge in [-0.3, -0.25) is 9.55 Å². The molecule has 290 valence electrons. The summed E-state index contributed by atoms with van der Waals surface area (Å²) in [5, 5.41) is 13.8. The molecule has 0 radical (unpaired) electrons. The monoisotopic (exact) mass is 777 g/mol. The van der Waals surface area contributed by atoms with Crippen molar-refractivity contribution < 1.29 is 18.8 Å². The van der Waals surface area contributed by atoms with Crippen molar-refractivity contribution in [2.45, 2.75) is 59.2 Å². The van der Waals surface area contributed by atoms with Crippen molar-refractivity contribution in [2.75, 3.05) is 0 Å². The second kappa shape index (κ2) is 14.6. The van der Waals surface area contributed by atoms with Gasteiger partial charge in [0, 0.05) is 32.4 Å². The van der Waals surface area contributed by atoms with E-state index in [0.29, 0.717) is 33.6 Å². The van der Waals surface area contributed by atoms with Crippen molar-refractivity contribution in [1.29, 1.82) is 0 Å². The van der Waals surface area contributed by atoms with Gasteiger partial charge < -0.3 is 5.11 Å². The minimum Gasteiger partial charge on any atom is -0.507 e. The number of imidazole rings is 1. The van der Waals surface area contributed by atoms with Crippen LogP contribution >= 0.6 is 0 Å². The molecular weight excluding hydrogens is 719 g/mol. The van der Waals surface area contributed by atoms with Crippen molar-refractivity contribution in [1.82, 2.24) is 14.5 Å². The van der Waals surface area contributed by atoms with Crippen LogP contribution in [0.1, 0.15) is 71.9 Å². The molecule has 0 aliphatic heterocycles. The molecular formula is C55H49N3O. The molecule has 1 N–H and O–H groups in total. The Labute approximate surface area is 361 Å². The van der Waals surface area contributed by atoms with Crippen LogP contribution in [-0.2, 0) is 10.8 Å². The van der Waals surface area contributed by atoms with Crippen LogP contribution in [0.2, 0.25) is 0 Å². The molecule has 9 aromatic rings. The summed E-state index contributed by atoms with van der Waals surface area (Å²) in [6.07, 6.45) is -0.567. The van der Waals surface area contributed by atoms with E-state index in [1.807, 2.05) is 99.6 Å². The zero-order chi connectivity index (χ0) is 49.6. The van der Waals surface area contributed by atoms with Crippen LogP contribution in [0, 0.1) is 6.85 Å². The van der Waals surface area contributed by atoms with Gasteiger partial charge in [-0.15, -0.1) is 0 Å². The SMILES string of the molecule is [2H]c1nc(-c2cc(-c3cccc4c3nc(-c3cc(C(C)(C)C)ccc3O)n4-c3c(-c4ccccc4)ccc4ccccc34)cc(C(C)(C)C)c2)c([2H])c(-c2c([2H])c([2H])c(C([2H])([2H])[2H])c([2H])c2[2H])c1[2H]. The smallest absolute Gasteiger partial charge is 0.149 e. The van der Waals surface area contributed by atoms with Crippen molar-refractivity contribution in [3.05, 3.63) is 180 Å². The summed E-state index contributed by atoms with van der Waals surface area (Å²) in [5.41, 5.74) is 5.95. The first-order chi connectivity index (χ1) is 32.5. The number of aromatic nitrogens is 3. The average molecular weight is 778 g/mol. The maximum absolute atomic E-state index is 11.8. The summed E-state index contributed by atoms with van der Waals surface area (Å²) >= 11 is 0. The Hall–Kier alpha value is -6.78. The largest absolute Gasteiger partial charge is 0.507 e. The zero-order valence-corrected chi connectivity index (χ0v) is 33.8. The fourth-order valence-corrected chi connectivity index (χ4v) is 7.64. The Morgan fingerprint density at radius 1 is 0.593 bits per heavy atom.